The molecule has 3 N–H and O–H groups in total. The molecule has 16 heteroatoms. The zero-order chi connectivity index (χ0) is 30.0. The molecule has 42 heavy (non-hydrogen) atoms. The Morgan fingerprint density at radius 3 is 2.55 bits per heavy atom. The Morgan fingerprint density at radius 2 is 1.83 bits per heavy atom. The number of anilines is 2. The van der Waals surface area contributed by atoms with Crippen molar-refractivity contribution in [1.82, 2.24) is 24.7 Å². The van der Waals surface area contributed by atoms with Crippen molar-refractivity contribution in [1.29, 1.82) is 0 Å². The van der Waals surface area contributed by atoms with Gasteiger partial charge in [-0.15, -0.1) is 0 Å². The van der Waals surface area contributed by atoms with E-state index >= 15 is 4.39 Å². The molecule has 3 aromatic heterocycles. The number of hydrogen-bond donors (Lipinski definition) is 3. The molecule has 5 rings (SSSR count). The standard InChI is InChI=1S/C26H24F5N7O3S/c27-18(6-7-34-42(39)40)14-2-1-3-15(22(14)28)19-4-5-20-23(35-19)25(38-8-10-41-11-9-38)37-24(36-20)16-13-33-21(32)12-17(16)26(29,30)31/h1-5,12-13,18,42H,6-11H2,(H2,32,33)(H,34,39,40). The lowest BCUT2D eigenvalue weighted by atomic mass is 10.0. The first-order valence-electron chi connectivity index (χ1n) is 12.7. The Hall–Kier alpha value is -4.02. The number of alkyl halides is 4. The van der Waals surface area contributed by atoms with Gasteiger partial charge in [-0.25, -0.2) is 41.9 Å². The van der Waals surface area contributed by atoms with E-state index < -0.39 is 34.6 Å². The maximum atomic E-state index is 15.5. The van der Waals surface area contributed by atoms with Gasteiger partial charge < -0.3 is 15.4 Å². The Labute approximate surface area is 237 Å². The summed E-state index contributed by atoms with van der Waals surface area (Å²) in [6, 6.07) is 7.72. The van der Waals surface area contributed by atoms with Gasteiger partial charge in [0.1, 0.15) is 23.3 Å². The summed E-state index contributed by atoms with van der Waals surface area (Å²) in [5.41, 5.74) is 4.30. The van der Waals surface area contributed by atoms with E-state index in [1.165, 1.54) is 30.3 Å². The summed E-state index contributed by atoms with van der Waals surface area (Å²) >= 11 is 0. The van der Waals surface area contributed by atoms with Gasteiger partial charge in [0.05, 0.1) is 30.0 Å². The molecule has 0 aliphatic carbocycles. The van der Waals surface area contributed by atoms with E-state index in [4.69, 9.17) is 10.5 Å². The van der Waals surface area contributed by atoms with Crippen LogP contribution in [0.1, 0.15) is 23.7 Å². The second kappa shape index (κ2) is 12.1. The molecular weight excluding hydrogens is 585 g/mol. The Bertz CT molecular complexity index is 1690. The van der Waals surface area contributed by atoms with E-state index in [1.54, 1.807) is 4.90 Å². The number of nitrogens with zero attached hydrogens (tertiary/aromatic N) is 5. The first-order valence-corrected chi connectivity index (χ1v) is 13.9. The molecule has 1 aliphatic heterocycles. The summed E-state index contributed by atoms with van der Waals surface area (Å²) < 4.78 is 101. The van der Waals surface area contributed by atoms with Gasteiger partial charge in [-0.2, -0.15) is 13.2 Å². The molecule has 1 fully saturated rings. The van der Waals surface area contributed by atoms with Gasteiger partial charge in [-0.05, 0) is 30.7 Å². The van der Waals surface area contributed by atoms with Gasteiger partial charge in [0.25, 0.3) is 0 Å². The van der Waals surface area contributed by atoms with Crippen LogP contribution in [-0.4, -0.2) is 61.2 Å². The molecule has 4 aromatic rings. The van der Waals surface area contributed by atoms with E-state index in [9.17, 15) is 26.0 Å². The van der Waals surface area contributed by atoms with Crippen LogP contribution < -0.4 is 15.4 Å². The molecular formula is C26H24F5N7O3S. The molecule has 1 aliphatic rings. The van der Waals surface area contributed by atoms with Crippen LogP contribution in [0.15, 0.2) is 42.6 Å². The number of morpholine rings is 1. The lowest BCUT2D eigenvalue weighted by molar-refractivity contribution is -0.137. The van der Waals surface area contributed by atoms with Crippen molar-refractivity contribution in [3.8, 4) is 22.6 Å². The normalized spacial score (nSPS) is 15.0. The Balaban J connectivity index is 1.62. The summed E-state index contributed by atoms with van der Waals surface area (Å²) in [4.78, 5) is 18.9. The fraction of sp³-hybridized carbons (Fsp3) is 0.308. The number of rotatable bonds is 8. The molecule has 1 atom stereocenters. The molecule has 0 radical (unpaired) electrons. The molecule has 10 nitrogen and oxygen atoms in total. The predicted octanol–water partition coefficient (Wildman–Crippen LogP) is 3.85. The molecule has 1 saturated heterocycles. The largest absolute Gasteiger partial charge is 0.417 e. The maximum Gasteiger partial charge on any atom is 0.417 e. The number of fused-ring (bicyclic) bond motifs is 1. The highest BCUT2D eigenvalue weighted by Gasteiger charge is 2.35. The number of halogens is 5. The lowest BCUT2D eigenvalue weighted by Gasteiger charge is -2.28. The highest BCUT2D eigenvalue weighted by atomic mass is 32.2. The first kappa shape index (κ1) is 29.5. The molecule has 222 valence electrons. The summed E-state index contributed by atoms with van der Waals surface area (Å²) in [6.45, 7) is 1.18. The van der Waals surface area contributed by atoms with Crippen LogP contribution >= 0.6 is 0 Å². The molecule has 1 aromatic carbocycles. The van der Waals surface area contributed by atoms with Crippen molar-refractivity contribution in [2.75, 3.05) is 43.5 Å². The van der Waals surface area contributed by atoms with Gasteiger partial charge in [0, 0.05) is 42.5 Å². The van der Waals surface area contributed by atoms with Gasteiger partial charge in [-0.1, -0.05) is 12.1 Å². The van der Waals surface area contributed by atoms with Gasteiger partial charge in [0.2, 0.25) is 10.9 Å². The molecule has 0 spiro atoms. The van der Waals surface area contributed by atoms with Crippen LogP contribution in [0.3, 0.4) is 0 Å². The van der Waals surface area contributed by atoms with Crippen molar-refractivity contribution in [3.05, 3.63) is 59.5 Å². The lowest BCUT2D eigenvalue weighted by Crippen LogP contribution is -2.37. The van der Waals surface area contributed by atoms with Crippen molar-refractivity contribution in [2.45, 2.75) is 18.8 Å². The number of ether oxygens (including phenoxy) is 1. The molecule has 0 saturated carbocycles. The number of benzene rings is 1. The SMILES string of the molecule is Nc1cc(C(F)(F)F)c(-c2nc(N3CCOCC3)c3nc(-c4cccc(C(F)CCN[SH](=O)=O)c4F)ccc3n2)cn1. The summed E-state index contributed by atoms with van der Waals surface area (Å²) in [7, 11) is -2.91. The number of nitrogens with two attached hydrogens (primary N) is 1. The minimum absolute atomic E-state index is 0.0287. The van der Waals surface area contributed by atoms with E-state index in [0.717, 1.165) is 6.20 Å². The number of nitrogen functional groups attached to an aromatic ring is 1. The first-order chi connectivity index (χ1) is 20.0. The molecule has 0 bridgehead atoms. The third-order valence-corrected chi connectivity index (χ3v) is 7.07. The average molecular weight is 610 g/mol. The highest BCUT2D eigenvalue weighted by Crippen LogP contribution is 2.38. The van der Waals surface area contributed by atoms with Crippen LogP contribution in [0.25, 0.3) is 33.7 Å². The third kappa shape index (κ3) is 6.24. The van der Waals surface area contributed by atoms with Crippen molar-refractivity contribution in [2.24, 2.45) is 0 Å². The van der Waals surface area contributed by atoms with Gasteiger partial charge >= 0.3 is 6.18 Å². The smallest absolute Gasteiger partial charge is 0.384 e. The van der Waals surface area contributed by atoms with Crippen LogP contribution in [0.5, 0.6) is 0 Å². The monoisotopic (exact) mass is 609 g/mol. The second-order valence-corrected chi connectivity index (χ2v) is 10.1. The molecule has 0 amide bonds. The van der Waals surface area contributed by atoms with Crippen LogP contribution in [-0.2, 0) is 21.8 Å². The van der Waals surface area contributed by atoms with E-state index in [2.05, 4.69) is 24.7 Å². The molecule has 4 heterocycles. The zero-order valence-electron chi connectivity index (χ0n) is 21.7. The van der Waals surface area contributed by atoms with E-state index in [-0.39, 0.29) is 63.8 Å². The topological polar surface area (TPSA) is 136 Å². The minimum Gasteiger partial charge on any atom is -0.384 e. The highest BCUT2D eigenvalue weighted by molar-refractivity contribution is 7.70. The Kier molecular flexibility index (Phi) is 8.47. The van der Waals surface area contributed by atoms with Crippen LogP contribution in [0, 0.1) is 5.82 Å². The number of hydrogen-bond acceptors (Lipinski definition) is 9. The minimum atomic E-state index is -4.76. The number of pyridine rings is 2. The van der Waals surface area contributed by atoms with Gasteiger partial charge in [0.15, 0.2) is 11.6 Å². The van der Waals surface area contributed by atoms with Crippen molar-refractivity contribution < 1.29 is 35.1 Å². The fourth-order valence-corrected chi connectivity index (χ4v) is 4.89. The third-order valence-electron chi connectivity index (χ3n) is 6.59. The summed E-state index contributed by atoms with van der Waals surface area (Å²) in [6.07, 6.45) is -5.87. The quantitative estimate of drug-likeness (QED) is 0.201. The van der Waals surface area contributed by atoms with Crippen LogP contribution in [0.2, 0.25) is 0 Å². The average Bonchev–Trinajstić information content (AvgIpc) is 2.96. The van der Waals surface area contributed by atoms with Gasteiger partial charge in [-0.3, -0.25) is 0 Å². The van der Waals surface area contributed by atoms with E-state index in [0.29, 0.717) is 32.4 Å². The number of thiol groups is 1. The second-order valence-electron chi connectivity index (χ2n) is 9.32. The van der Waals surface area contributed by atoms with Crippen LogP contribution in [0.4, 0.5) is 33.6 Å². The zero-order valence-corrected chi connectivity index (χ0v) is 22.6. The Morgan fingerprint density at radius 1 is 1.07 bits per heavy atom. The maximum absolute atomic E-state index is 15.5. The number of nitrogens with one attached hydrogen (secondary N) is 1. The fourth-order valence-electron chi connectivity index (χ4n) is 4.58. The van der Waals surface area contributed by atoms with Crippen molar-refractivity contribution in [3.63, 3.8) is 0 Å². The number of aromatic nitrogens is 4. The predicted molar refractivity (Wildman–Crippen MR) is 145 cm³/mol. The van der Waals surface area contributed by atoms with Crippen molar-refractivity contribution >= 4 is 33.6 Å². The molecule has 1 unspecified atom stereocenters. The van der Waals surface area contributed by atoms with E-state index in [1.807, 2.05) is 0 Å². The summed E-state index contributed by atoms with van der Waals surface area (Å²) in [5, 5.41) is 0. The summed E-state index contributed by atoms with van der Waals surface area (Å²) in [5.74, 6) is -1.23.